The molecule has 0 aliphatic rings. The molecule has 0 saturated carbocycles. The van der Waals surface area contributed by atoms with E-state index >= 15 is 0 Å². The smallest absolute Gasteiger partial charge is 0.0840 e. The van der Waals surface area contributed by atoms with Crippen molar-refractivity contribution < 1.29 is 6.48 Å². The van der Waals surface area contributed by atoms with Gasteiger partial charge in [-0.2, -0.15) is 0 Å². The van der Waals surface area contributed by atoms with Crippen LogP contribution in [0.25, 0.3) is 0 Å². The van der Waals surface area contributed by atoms with Crippen LogP contribution in [0.3, 0.4) is 0 Å². The van der Waals surface area contributed by atoms with Crippen LogP contribution in [0.5, 0.6) is 0 Å². The van der Waals surface area contributed by atoms with Crippen molar-refractivity contribution in [2.45, 2.75) is 19.4 Å². The van der Waals surface area contributed by atoms with Gasteiger partial charge in [0.15, 0.2) is 0 Å². The van der Waals surface area contributed by atoms with Gasteiger partial charge in [0.2, 0.25) is 0 Å². The zero-order valence-corrected chi connectivity index (χ0v) is 6.26. The fourth-order valence-electron chi connectivity index (χ4n) is 0.774. The van der Waals surface area contributed by atoms with Gasteiger partial charge in [-0.3, -0.25) is 0 Å². The van der Waals surface area contributed by atoms with Crippen LogP contribution in [0.4, 0.5) is 0 Å². The summed E-state index contributed by atoms with van der Waals surface area (Å²) in [5.41, 5.74) is -0.238. The third-order valence-corrected chi connectivity index (χ3v) is 1.37. The van der Waals surface area contributed by atoms with E-state index in [0.717, 1.165) is 0 Å². The van der Waals surface area contributed by atoms with Gasteiger partial charge in [0, 0.05) is 0 Å². The molecule has 0 amide bonds. The number of benzene rings is 1. The maximum atomic E-state index is 9.55. The topological polar surface area (TPSA) is 20.2 Å². The van der Waals surface area contributed by atoms with Crippen molar-refractivity contribution in [2.24, 2.45) is 0 Å². The molecule has 0 heterocycles. The summed E-state index contributed by atoms with van der Waals surface area (Å²) in [5, 5.41) is 9.55. The summed E-state index contributed by atoms with van der Waals surface area (Å²) in [5.74, 6) is 0. The van der Waals surface area contributed by atoms with Gasteiger partial charge in [-0.25, -0.2) is 0 Å². The monoisotopic (exact) mass is 137 g/mol. The first-order valence-corrected chi connectivity index (χ1v) is 3.30. The lowest BCUT2D eigenvalue weighted by Gasteiger charge is -2.16. The third kappa shape index (κ3) is 1.58. The second-order valence-corrected chi connectivity index (χ2v) is 2.84. The van der Waals surface area contributed by atoms with E-state index in [1.165, 1.54) is 0 Å². The molecule has 0 saturated heterocycles. The largest absolute Gasteiger partial charge is 0.386 e. The normalized spacial score (nSPS) is 12.9. The van der Waals surface area contributed by atoms with Crippen LogP contribution in [-0.4, -0.2) is 5.11 Å². The Balaban J connectivity index is 3.14. The Morgan fingerprint density at radius 2 is 2.10 bits per heavy atom. The highest BCUT2D eigenvalue weighted by Crippen LogP contribution is 2.17. The van der Waals surface area contributed by atoms with Crippen molar-refractivity contribution in [3.8, 4) is 0 Å². The molecule has 0 unspecified atom stereocenters. The standard InChI is InChI=1S/C9H12O/c1-9(2,10)8-6-4-3-5-7-8/h3-7,10H,1-2H3/i6D. The van der Waals surface area contributed by atoms with E-state index in [1.807, 2.05) is 6.07 Å². The number of aliphatic hydroxyl groups is 1. The van der Waals surface area contributed by atoms with E-state index in [2.05, 4.69) is 0 Å². The van der Waals surface area contributed by atoms with Gasteiger partial charge in [-0.15, -0.1) is 0 Å². The van der Waals surface area contributed by atoms with Crippen molar-refractivity contribution >= 4 is 0 Å². The summed E-state index contributed by atoms with van der Waals surface area (Å²) in [4.78, 5) is 0. The maximum absolute atomic E-state index is 9.55. The molecular formula is C9H12O. The first-order valence-electron chi connectivity index (χ1n) is 3.80. The molecule has 0 radical (unpaired) electrons. The van der Waals surface area contributed by atoms with Crippen LogP contribution in [0.15, 0.2) is 30.3 Å². The first-order chi connectivity index (χ1) is 5.02. The quantitative estimate of drug-likeness (QED) is 0.627. The van der Waals surface area contributed by atoms with Gasteiger partial charge in [-0.1, -0.05) is 30.3 Å². The Morgan fingerprint density at radius 3 is 2.50 bits per heavy atom. The van der Waals surface area contributed by atoms with Gasteiger partial charge in [0.1, 0.15) is 0 Å². The van der Waals surface area contributed by atoms with Gasteiger partial charge in [0.25, 0.3) is 0 Å². The summed E-state index contributed by atoms with van der Waals surface area (Å²) < 4.78 is 7.47. The molecule has 1 nitrogen and oxygen atoms in total. The van der Waals surface area contributed by atoms with Gasteiger partial charge in [0.05, 0.1) is 6.97 Å². The lowest BCUT2D eigenvalue weighted by molar-refractivity contribution is 0.0786. The molecule has 54 valence electrons. The summed E-state index contributed by atoms with van der Waals surface area (Å²) in [6, 6.07) is 7.44. The van der Waals surface area contributed by atoms with Crippen molar-refractivity contribution in [3.63, 3.8) is 0 Å². The zero-order chi connectivity index (χ0) is 8.48. The number of hydrogen-bond donors (Lipinski definition) is 1. The molecule has 0 aliphatic heterocycles. The van der Waals surface area contributed by atoms with Crippen molar-refractivity contribution in [2.75, 3.05) is 0 Å². The van der Waals surface area contributed by atoms with Crippen molar-refractivity contribution in [3.05, 3.63) is 35.9 Å². The molecule has 1 N–H and O–H groups in total. The van der Waals surface area contributed by atoms with E-state index in [1.54, 1.807) is 32.0 Å². The van der Waals surface area contributed by atoms with Gasteiger partial charge >= 0.3 is 0 Å². The molecule has 0 bridgehead atoms. The van der Waals surface area contributed by atoms with Crippen LogP contribution in [-0.2, 0) is 5.60 Å². The predicted octanol–water partition coefficient (Wildman–Crippen LogP) is 1.91. The average Bonchev–Trinajstić information content (AvgIpc) is 1.86. The minimum absolute atomic E-state index is 0.389. The number of rotatable bonds is 1. The van der Waals surface area contributed by atoms with E-state index in [-0.39, 0.29) is 0 Å². The van der Waals surface area contributed by atoms with Crippen LogP contribution >= 0.6 is 0 Å². The van der Waals surface area contributed by atoms with E-state index in [9.17, 15) is 5.11 Å². The lowest BCUT2D eigenvalue weighted by atomic mass is 9.99. The van der Waals surface area contributed by atoms with Crippen molar-refractivity contribution in [1.29, 1.82) is 0 Å². The van der Waals surface area contributed by atoms with Crippen LogP contribution < -0.4 is 0 Å². The fraction of sp³-hybridized carbons (Fsp3) is 0.333. The van der Waals surface area contributed by atoms with Crippen molar-refractivity contribution in [1.82, 2.24) is 0 Å². The number of hydrogen-bond acceptors (Lipinski definition) is 1. The molecule has 0 aliphatic carbocycles. The highest BCUT2D eigenvalue weighted by atomic mass is 16.3. The Labute approximate surface area is 62.7 Å². The molecule has 10 heavy (non-hydrogen) atoms. The summed E-state index contributed by atoms with van der Waals surface area (Å²) in [6.07, 6.45) is 0. The predicted molar refractivity (Wildman–Crippen MR) is 41.7 cm³/mol. The molecule has 0 fully saturated rings. The van der Waals surface area contributed by atoms with E-state index in [0.29, 0.717) is 11.6 Å². The SMILES string of the molecule is [2H]c1ccccc1C(C)(C)O. The Bertz CT molecular complexity index is 250. The molecule has 0 atom stereocenters. The molecule has 1 aromatic rings. The molecule has 1 aromatic carbocycles. The molecule has 1 heteroatoms. The fourth-order valence-corrected chi connectivity index (χ4v) is 0.774. The van der Waals surface area contributed by atoms with Gasteiger partial charge < -0.3 is 5.11 Å². The zero-order valence-electron chi connectivity index (χ0n) is 7.26. The Morgan fingerprint density at radius 1 is 1.40 bits per heavy atom. The molecule has 0 spiro atoms. The Kier molecular flexibility index (Phi) is 1.44. The van der Waals surface area contributed by atoms with Gasteiger partial charge in [-0.05, 0) is 19.4 Å². The maximum Gasteiger partial charge on any atom is 0.0840 e. The average molecular weight is 137 g/mol. The highest BCUT2D eigenvalue weighted by molar-refractivity contribution is 5.20. The second-order valence-electron chi connectivity index (χ2n) is 2.84. The van der Waals surface area contributed by atoms with E-state index < -0.39 is 5.60 Å². The summed E-state index contributed by atoms with van der Waals surface area (Å²) in [6.45, 7) is 3.36. The second kappa shape index (κ2) is 2.43. The van der Waals surface area contributed by atoms with Crippen LogP contribution in [0.2, 0.25) is 0 Å². The summed E-state index contributed by atoms with van der Waals surface area (Å²) >= 11 is 0. The highest BCUT2D eigenvalue weighted by Gasteiger charge is 2.13. The third-order valence-electron chi connectivity index (χ3n) is 1.37. The van der Waals surface area contributed by atoms with Crippen LogP contribution in [0.1, 0.15) is 20.8 Å². The van der Waals surface area contributed by atoms with Crippen LogP contribution in [0, 0.1) is 0 Å². The summed E-state index contributed by atoms with van der Waals surface area (Å²) in [7, 11) is 0. The molecule has 1 rings (SSSR count). The molecular weight excluding hydrogens is 124 g/mol. The lowest BCUT2D eigenvalue weighted by Crippen LogP contribution is -2.14. The minimum atomic E-state index is -0.904. The molecule has 0 aromatic heterocycles. The first kappa shape index (κ1) is 5.93. The minimum Gasteiger partial charge on any atom is -0.386 e. The Hall–Kier alpha value is -0.820. The van der Waals surface area contributed by atoms with E-state index in [4.69, 9.17) is 1.37 Å².